The maximum Gasteiger partial charge on any atom is 0.407 e. The van der Waals surface area contributed by atoms with E-state index in [1.807, 2.05) is 31.2 Å². The molecule has 2 aromatic rings. The molecule has 2 aromatic carbocycles. The molecule has 4 rings (SSSR count). The van der Waals surface area contributed by atoms with E-state index in [0.29, 0.717) is 25.9 Å². The van der Waals surface area contributed by atoms with Crippen LogP contribution >= 0.6 is 0 Å². The Kier molecular flexibility index (Phi) is 6.44. The second kappa shape index (κ2) is 9.42. The molecule has 0 aromatic heterocycles. The average Bonchev–Trinajstić information content (AvgIpc) is 3.38. The minimum atomic E-state index is -0.854. The molecule has 2 unspecified atom stereocenters. The number of nitrogens with zero attached hydrogens (tertiary/aromatic N) is 1. The lowest BCUT2D eigenvalue weighted by Crippen LogP contribution is -2.48. The first-order valence-corrected chi connectivity index (χ1v) is 11.1. The molecule has 32 heavy (non-hydrogen) atoms. The Morgan fingerprint density at radius 3 is 2.31 bits per heavy atom. The molecule has 7 heteroatoms. The van der Waals surface area contributed by atoms with E-state index in [9.17, 15) is 14.4 Å². The lowest BCUT2D eigenvalue weighted by molar-refractivity contribution is -0.138. The molecule has 1 aliphatic heterocycles. The van der Waals surface area contributed by atoms with E-state index >= 15 is 0 Å². The quantitative estimate of drug-likeness (QED) is 0.691. The summed E-state index contributed by atoms with van der Waals surface area (Å²) in [6.45, 7) is 2.94. The van der Waals surface area contributed by atoms with E-state index in [2.05, 4.69) is 29.6 Å². The minimum Gasteiger partial charge on any atom is -0.481 e. The first kappa shape index (κ1) is 21.9. The fraction of sp³-hybridized carbons (Fsp3) is 0.400. The largest absolute Gasteiger partial charge is 0.481 e. The maximum atomic E-state index is 12.8. The molecule has 0 radical (unpaired) electrons. The molecule has 2 N–H and O–H groups in total. The van der Waals surface area contributed by atoms with Crippen LogP contribution in [0.1, 0.15) is 43.2 Å². The summed E-state index contributed by atoms with van der Waals surface area (Å²) in [5.41, 5.74) is 4.57. The summed E-state index contributed by atoms with van der Waals surface area (Å²) in [5.74, 6) is -1.12. The van der Waals surface area contributed by atoms with E-state index in [1.165, 1.54) is 0 Å². The van der Waals surface area contributed by atoms with Crippen molar-refractivity contribution < 1.29 is 24.2 Å². The third-order valence-corrected chi connectivity index (χ3v) is 6.40. The highest BCUT2D eigenvalue weighted by Crippen LogP contribution is 2.44. The van der Waals surface area contributed by atoms with Gasteiger partial charge in [0.25, 0.3) is 0 Å². The number of hydrogen-bond acceptors (Lipinski definition) is 4. The SMILES string of the molecule is CCC(NC(=O)OCC1c2ccccc2-c2ccccc21)C(=O)N1CCC(CC(=O)O)C1. The molecule has 0 bridgehead atoms. The van der Waals surface area contributed by atoms with Gasteiger partial charge in [-0.05, 0) is 41.0 Å². The van der Waals surface area contributed by atoms with Crippen LogP contribution < -0.4 is 5.32 Å². The van der Waals surface area contributed by atoms with E-state index in [1.54, 1.807) is 4.90 Å². The number of carboxylic acid groups (broad SMARTS) is 1. The molecule has 1 fully saturated rings. The van der Waals surface area contributed by atoms with Crippen LogP contribution in [0, 0.1) is 5.92 Å². The summed E-state index contributed by atoms with van der Waals surface area (Å²) in [6.07, 6.45) is 0.538. The molecule has 1 aliphatic carbocycles. The number of amides is 2. The van der Waals surface area contributed by atoms with Gasteiger partial charge in [-0.1, -0.05) is 55.5 Å². The van der Waals surface area contributed by atoms with E-state index in [-0.39, 0.29) is 30.8 Å². The van der Waals surface area contributed by atoms with Crippen LogP contribution in [0.3, 0.4) is 0 Å². The van der Waals surface area contributed by atoms with Crippen molar-refractivity contribution in [2.75, 3.05) is 19.7 Å². The molecule has 2 atom stereocenters. The highest BCUT2D eigenvalue weighted by atomic mass is 16.5. The van der Waals surface area contributed by atoms with Gasteiger partial charge in [-0.2, -0.15) is 0 Å². The maximum absolute atomic E-state index is 12.8. The molecule has 2 amide bonds. The third kappa shape index (κ3) is 4.47. The first-order valence-electron chi connectivity index (χ1n) is 11.1. The molecule has 168 valence electrons. The zero-order chi connectivity index (χ0) is 22.7. The van der Waals surface area contributed by atoms with Crippen LogP contribution in [-0.4, -0.2) is 53.7 Å². The van der Waals surface area contributed by atoms with Crippen LogP contribution in [0.2, 0.25) is 0 Å². The van der Waals surface area contributed by atoms with Gasteiger partial charge in [0.15, 0.2) is 0 Å². The number of carboxylic acids is 1. The number of benzene rings is 2. The normalized spacial score (nSPS) is 18.0. The number of ether oxygens (including phenoxy) is 1. The van der Waals surface area contributed by atoms with Gasteiger partial charge in [0.05, 0.1) is 0 Å². The van der Waals surface area contributed by atoms with E-state index < -0.39 is 18.1 Å². The average molecular weight is 437 g/mol. The minimum absolute atomic E-state index is 0.0385. The predicted octanol–water partition coefficient (Wildman–Crippen LogP) is 3.63. The Hall–Kier alpha value is -3.35. The van der Waals surface area contributed by atoms with Gasteiger partial charge in [0.1, 0.15) is 12.6 Å². The van der Waals surface area contributed by atoms with Crippen molar-refractivity contribution >= 4 is 18.0 Å². The summed E-state index contributed by atoms with van der Waals surface area (Å²) in [4.78, 5) is 37.9. The lowest BCUT2D eigenvalue weighted by Gasteiger charge is -2.23. The zero-order valence-corrected chi connectivity index (χ0v) is 18.1. The van der Waals surface area contributed by atoms with Gasteiger partial charge in [-0.15, -0.1) is 0 Å². The monoisotopic (exact) mass is 436 g/mol. The molecule has 1 saturated heterocycles. The molecule has 7 nitrogen and oxygen atoms in total. The molecule has 0 spiro atoms. The van der Waals surface area contributed by atoms with Crippen molar-refractivity contribution in [1.82, 2.24) is 10.2 Å². The summed E-state index contributed by atoms with van der Waals surface area (Å²) >= 11 is 0. The highest BCUT2D eigenvalue weighted by Gasteiger charge is 2.33. The summed E-state index contributed by atoms with van der Waals surface area (Å²) in [7, 11) is 0. The van der Waals surface area contributed by atoms with Crippen LogP contribution in [-0.2, 0) is 14.3 Å². The number of hydrogen-bond donors (Lipinski definition) is 2. The number of nitrogens with one attached hydrogen (secondary N) is 1. The second-order valence-corrected chi connectivity index (χ2v) is 8.47. The van der Waals surface area contributed by atoms with Crippen LogP contribution in [0.25, 0.3) is 11.1 Å². The summed E-state index contributed by atoms with van der Waals surface area (Å²) < 4.78 is 5.56. The first-order chi connectivity index (χ1) is 15.5. The van der Waals surface area contributed by atoms with Gasteiger partial charge in [0, 0.05) is 25.4 Å². The van der Waals surface area contributed by atoms with Gasteiger partial charge < -0.3 is 20.1 Å². The summed E-state index contributed by atoms with van der Waals surface area (Å²) in [5, 5.41) is 11.7. The van der Waals surface area contributed by atoms with Crippen molar-refractivity contribution in [3.8, 4) is 11.1 Å². The molecule has 0 saturated carbocycles. The topological polar surface area (TPSA) is 95.9 Å². The van der Waals surface area contributed by atoms with Crippen molar-refractivity contribution in [2.45, 2.75) is 38.1 Å². The number of alkyl carbamates (subject to hydrolysis) is 1. The number of likely N-dealkylation sites (tertiary alicyclic amines) is 1. The third-order valence-electron chi connectivity index (χ3n) is 6.40. The molecule has 1 heterocycles. The zero-order valence-electron chi connectivity index (χ0n) is 18.1. The van der Waals surface area contributed by atoms with Gasteiger partial charge >= 0.3 is 12.1 Å². The van der Waals surface area contributed by atoms with Gasteiger partial charge in [-0.3, -0.25) is 9.59 Å². The Bertz CT molecular complexity index is 975. The Morgan fingerprint density at radius 1 is 1.09 bits per heavy atom. The number of carbonyl (C=O) groups is 3. The fourth-order valence-corrected chi connectivity index (χ4v) is 4.79. The molecule has 2 aliphatic rings. The smallest absolute Gasteiger partial charge is 0.407 e. The van der Waals surface area contributed by atoms with Crippen molar-refractivity contribution in [3.05, 3.63) is 59.7 Å². The van der Waals surface area contributed by atoms with Crippen molar-refractivity contribution in [2.24, 2.45) is 5.92 Å². The number of fused-ring (bicyclic) bond motifs is 3. The van der Waals surface area contributed by atoms with Crippen LogP contribution in [0.15, 0.2) is 48.5 Å². The number of carbonyl (C=O) groups excluding carboxylic acids is 2. The Balaban J connectivity index is 1.35. The van der Waals surface area contributed by atoms with Crippen LogP contribution in [0.5, 0.6) is 0 Å². The molecular formula is C25H28N2O5. The lowest BCUT2D eigenvalue weighted by atomic mass is 9.98. The van der Waals surface area contributed by atoms with Crippen LogP contribution in [0.4, 0.5) is 4.79 Å². The summed E-state index contributed by atoms with van der Waals surface area (Å²) in [6, 6.07) is 15.6. The number of rotatable bonds is 7. The van der Waals surface area contributed by atoms with E-state index in [0.717, 1.165) is 22.3 Å². The Morgan fingerprint density at radius 2 is 1.72 bits per heavy atom. The Labute approximate surface area is 187 Å². The number of aliphatic carboxylic acids is 1. The predicted molar refractivity (Wildman–Crippen MR) is 119 cm³/mol. The second-order valence-electron chi connectivity index (χ2n) is 8.47. The molecular weight excluding hydrogens is 408 g/mol. The van der Waals surface area contributed by atoms with Crippen molar-refractivity contribution in [3.63, 3.8) is 0 Å². The van der Waals surface area contributed by atoms with Crippen molar-refractivity contribution in [1.29, 1.82) is 0 Å². The van der Waals surface area contributed by atoms with E-state index in [4.69, 9.17) is 9.84 Å². The fourth-order valence-electron chi connectivity index (χ4n) is 4.79. The standard InChI is InChI=1S/C25H28N2O5/c1-2-22(24(30)27-12-11-16(14-27)13-23(28)29)26-25(31)32-15-21-19-9-5-3-7-17(19)18-8-4-6-10-20(18)21/h3-10,16,21-22H,2,11-15H2,1H3,(H,26,31)(H,28,29). The highest BCUT2D eigenvalue weighted by molar-refractivity contribution is 5.86. The van der Waals surface area contributed by atoms with Gasteiger partial charge in [-0.25, -0.2) is 4.79 Å². The van der Waals surface area contributed by atoms with Gasteiger partial charge in [0.2, 0.25) is 5.91 Å².